The molecule has 5 nitrogen and oxygen atoms in total. The molecule has 25 heavy (non-hydrogen) atoms. The summed E-state index contributed by atoms with van der Waals surface area (Å²) in [5.74, 6) is 0.783. The number of carbonyl (C=O) groups excluding carboxylic acids is 1. The number of hydrogen-bond acceptors (Lipinski definition) is 4. The Morgan fingerprint density at radius 3 is 2.04 bits per heavy atom. The van der Waals surface area contributed by atoms with Crippen molar-refractivity contribution in [2.24, 2.45) is 0 Å². The van der Waals surface area contributed by atoms with E-state index >= 15 is 0 Å². The van der Waals surface area contributed by atoms with E-state index in [0.29, 0.717) is 12.1 Å². The average Bonchev–Trinajstić information content (AvgIpc) is 2.66. The van der Waals surface area contributed by atoms with E-state index in [1.165, 1.54) is 0 Å². The number of rotatable bonds is 9. The quantitative estimate of drug-likeness (QED) is 0.733. The lowest BCUT2D eigenvalue weighted by Gasteiger charge is -2.18. The third-order valence-corrected chi connectivity index (χ3v) is 4.13. The number of hydrogen-bond donors (Lipinski definition) is 2. The first-order chi connectivity index (χ1) is 12.2. The zero-order valence-corrected chi connectivity index (χ0v) is 15.2. The van der Waals surface area contributed by atoms with Crippen LogP contribution >= 0.6 is 0 Å². The molecule has 1 amide bonds. The molecule has 0 atom stereocenters. The molecule has 0 saturated heterocycles. The smallest absolute Gasteiger partial charge is 0.251 e. The zero-order valence-electron chi connectivity index (χ0n) is 15.2. The largest absolute Gasteiger partial charge is 0.497 e. The van der Waals surface area contributed by atoms with Gasteiger partial charge in [-0.05, 0) is 61.6 Å². The number of methoxy groups -OCH3 is 1. The van der Waals surface area contributed by atoms with E-state index in [4.69, 9.17) is 4.74 Å². The van der Waals surface area contributed by atoms with Crippen molar-refractivity contribution in [1.82, 2.24) is 10.2 Å². The van der Waals surface area contributed by atoms with Crippen molar-refractivity contribution in [2.45, 2.75) is 13.8 Å². The van der Waals surface area contributed by atoms with Gasteiger partial charge in [-0.1, -0.05) is 13.8 Å². The zero-order chi connectivity index (χ0) is 18.1. The van der Waals surface area contributed by atoms with E-state index in [1.54, 1.807) is 7.11 Å². The summed E-state index contributed by atoms with van der Waals surface area (Å²) >= 11 is 0. The predicted molar refractivity (Wildman–Crippen MR) is 103 cm³/mol. The van der Waals surface area contributed by atoms with Crippen molar-refractivity contribution in [2.75, 3.05) is 38.6 Å². The second kappa shape index (κ2) is 9.69. The second-order valence-corrected chi connectivity index (χ2v) is 5.71. The minimum absolute atomic E-state index is 0.0387. The molecule has 134 valence electrons. The summed E-state index contributed by atoms with van der Waals surface area (Å²) in [7, 11) is 1.65. The number of ether oxygens (including phenoxy) is 1. The fraction of sp³-hybridized carbons (Fsp3) is 0.350. The third kappa shape index (κ3) is 5.80. The molecule has 2 rings (SSSR count). The Morgan fingerprint density at radius 1 is 0.960 bits per heavy atom. The Balaban J connectivity index is 1.86. The van der Waals surface area contributed by atoms with Crippen LogP contribution in [0.2, 0.25) is 0 Å². The summed E-state index contributed by atoms with van der Waals surface area (Å²) in [4.78, 5) is 14.5. The fourth-order valence-electron chi connectivity index (χ4n) is 2.52. The van der Waals surface area contributed by atoms with Crippen molar-refractivity contribution in [1.29, 1.82) is 0 Å². The molecule has 0 aliphatic heterocycles. The van der Waals surface area contributed by atoms with Crippen molar-refractivity contribution in [3.05, 3.63) is 54.1 Å². The van der Waals surface area contributed by atoms with Gasteiger partial charge in [-0.25, -0.2) is 0 Å². The lowest BCUT2D eigenvalue weighted by atomic mass is 10.2. The third-order valence-electron chi connectivity index (χ3n) is 4.13. The van der Waals surface area contributed by atoms with E-state index in [2.05, 4.69) is 29.4 Å². The van der Waals surface area contributed by atoms with Crippen LogP contribution in [0.1, 0.15) is 24.2 Å². The highest BCUT2D eigenvalue weighted by Crippen LogP contribution is 2.20. The summed E-state index contributed by atoms with van der Waals surface area (Å²) < 4.78 is 5.15. The van der Waals surface area contributed by atoms with Gasteiger partial charge in [-0.2, -0.15) is 0 Å². The van der Waals surface area contributed by atoms with Gasteiger partial charge in [0, 0.05) is 30.0 Å². The first-order valence-electron chi connectivity index (χ1n) is 8.68. The molecular formula is C20H27N3O2. The number of nitrogens with one attached hydrogen (secondary N) is 2. The van der Waals surface area contributed by atoms with E-state index < -0.39 is 0 Å². The number of benzene rings is 2. The van der Waals surface area contributed by atoms with Crippen LogP contribution in [-0.2, 0) is 0 Å². The van der Waals surface area contributed by atoms with E-state index in [0.717, 1.165) is 36.8 Å². The summed E-state index contributed by atoms with van der Waals surface area (Å²) in [5, 5.41) is 6.27. The molecule has 0 aliphatic carbocycles. The highest BCUT2D eigenvalue weighted by Gasteiger charge is 2.06. The van der Waals surface area contributed by atoms with Gasteiger partial charge >= 0.3 is 0 Å². The van der Waals surface area contributed by atoms with Crippen LogP contribution < -0.4 is 15.4 Å². The number of anilines is 2. The Bertz CT molecular complexity index is 650. The van der Waals surface area contributed by atoms with Crippen LogP contribution in [-0.4, -0.2) is 44.1 Å². The molecular weight excluding hydrogens is 314 g/mol. The predicted octanol–water partition coefficient (Wildman–Crippen LogP) is 3.51. The Morgan fingerprint density at radius 2 is 1.52 bits per heavy atom. The first-order valence-corrected chi connectivity index (χ1v) is 8.68. The summed E-state index contributed by atoms with van der Waals surface area (Å²) in [6.07, 6.45) is 0. The molecule has 0 saturated carbocycles. The van der Waals surface area contributed by atoms with Gasteiger partial charge in [-0.3, -0.25) is 4.79 Å². The minimum Gasteiger partial charge on any atom is -0.497 e. The van der Waals surface area contributed by atoms with Crippen molar-refractivity contribution >= 4 is 17.3 Å². The SMILES string of the molecule is CCN(CC)CCNC(=O)c1ccc(Nc2ccc(OC)cc2)cc1. The number of likely N-dealkylation sites (N-methyl/N-ethyl adjacent to an activating group) is 1. The number of carbonyl (C=O) groups is 1. The van der Waals surface area contributed by atoms with Crippen molar-refractivity contribution < 1.29 is 9.53 Å². The van der Waals surface area contributed by atoms with Crippen LogP contribution in [0.25, 0.3) is 0 Å². The van der Waals surface area contributed by atoms with Gasteiger partial charge in [0.15, 0.2) is 0 Å². The second-order valence-electron chi connectivity index (χ2n) is 5.71. The van der Waals surface area contributed by atoms with Gasteiger partial charge in [0.05, 0.1) is 7.11 Å². The maximum atomic E-state index is 12.2. The van der Waals surface area contributed by atoms with Crippen LogP contribution in [0.4, 0.5) is 11.4 Å². The summed E-state index contributed by atoms with van der Waals surface area (Å²) in [6.45, 7) is 7.78. The minimum atomic E-state index is -0.0387. The van der Waals surface area contributed by atoms with E-state index in [9.17, 15) is 4.79 Å². The van der Waals surface area contributed by atoms with E-state index in [-0.39, 0.29) is 5.91 Å². The van der Waals surface area contributed by atoms with Crippen LogP contribution in [0.3, 0.4) is 0 Å². The van der Waals surface area contributed by atoms with Crippen LogP contribution in [0.15, 0.2) is 48.5 Å². The number of nitrogens with zero attached hydrogens (tertiary/aromatic N) is 1. The van der Waals surface area contributed by atoms with Crippen LogP contribution in [0.5, 0.6) is 5.75 Å². The first kappa shape index (κ1) is 18.8. The van der Waals surface area contributed by atoms with Gasteiger partial charge in [0.2, 0.25) is 0 Å². The van der Waals surface area contributed by atoms with Gasteiger partial charge in [-0.15, -0.1) is 0 Å². The molecule has 0 aromatic heterocycles. The number of amides is 1. The fourth-order valence-corrected chi connectivity index (χ4v) is 2.52. The van der Waals surface area contributed by atoms with Crippen LogP contribution in [0, 0.1) is 0 Å². The standard InChI is InChI=1S/C20H27N3O2/c1-4-23(5-2)15-14-21-20(24)16-6-8-17(9-7-16)22-18-10-12-19(25-3)13-11-18/h6-13,22H,4-5,14-15H2,1-3H3,(H,21,24). The molecule has 0 fully saturated rings. The highest BCUT2D eigenvalue weighted by atomic mass is 16.5. The average molecular weight is 341 g/mol. The monoisotopic (exact) mass is 341 g/mol. The molecule has 0 spiro atoms. The Hall–Kier alpha value is -2.53. The van der Waals surface area contributed by atoms with E-state index in [1.807, 2.05) is 48.5 Å². The molecule has 2 N–H and O–H groups in total. The Labute approximate surface area is 150 Å². The molecule has 5 heteroatoms. The normalized spacial score (nSPS) is 10.6. The molecule has 0 radical (unpaired) electrons. The molecule has 2 aromatic carbocycles. The van der Waals surface area contributed by atoms with Gasteiger partial charge in [0.25, 0.3) is 5.91 Å². The van der Waals surface area contributed by atoms with Crippen molar-refractivity contribution in [3.63, 3.8) is 0 Å². The molecule has 0 heterocycles. The Kier molecular flexibility index (Phi) is 7.29. The highest BCUT2D eigenvalue weighted by molar-refractivity contribution is 5.94. The lowest BCUT2D eigenvalue weighted by Crippen LogP contribution is -2.34. The lowest BCUT2D eigenvalue weighted by molar-refractivity contribution is 0.0949. The molecule has 0 bridgehead atoms. The molecule has 0 unspecified atom stereocenters. The summed E-state index contributed by atoms with van der Waals surface area (Å²) in [5.41, 5.74) is 2.57. The maximum absolute atomic E-state index is 12.2. The van der Waals surface area contributed by atoms with Gasteiger partial charge < -0.3 is 20.3 Å². The summed E-state index contributed by atoms with van der Waals surface area (Å²) in [6, 6.07) is 15.2. The molecule has 2 aromatic rings. The maximum Gasteiger partial charge on any atom is 0.251 e. The van der Waals surface area contributed by atoms with Crippen molar-refractivity contribution in [3.8, 4) is 5.75 Å². The molecule has 0 aliphatic rings. The topological polar surface area (TPSA) is 53.6 Å². The van der Waals surface area contributed by atoms with Gasteiger partial charge in [0.1, 0.15) is 5.75 Å².